The van der Waals surface area contributed by atoms with Crippen molar-refractivity contribution in [2.75, 3.05) is 0 Å². The molecule has 0 bridgehead atoms. The summed E-state index contributed by atoms with van der Waals surface area (Å²) in [5.74, 6) is 4.17. The normalized spacial score (nSPS) is 57.8. The Hall–Kier alpha value is -0.0800. The van der Waals surface area contributed by atoms with Crippen LogP contribution in [0.3, 0.4) is 0 Å². The van der Waals surface area contributed by atoms with Crippen molar-refractivity contribution in [1.29, 1.82) is 0 Å². The van der Waals surface area contributed by atoms with E-state index in [4.69, 9.17) is 0 Å². The van der Waals surface area contributed by atoms with Crippen LogP contribution >= 0.6 is 0 Å². The second-order valence-corrected chi connectivity index (χ2v) is 9.28. The number of hydrogen-bond donors (Lipinski definition) is 2. The largest absolute Gasteiger partial charge is 0.393 e. The predicted molar refractivity (Wildman–Crippen MR) is 88.4 cm³/mol. The van der Waals surface area contributed by atoms with Gasteiger partial charge in [0.1, 0.15) is 0 Å². The number of fused-ring (bicyclic) bond motifs is 5. The summed E-state index contributed by atoms with van der Waals surface area (Å²) in [6.45, 7) is 4.58. The Morgan fingerprint density at radius 3 is 2.45 bits per heavy atom. The van der Waals surface area contributed by atoms with Gasteiger partial charge in [-0.1, -0.05) is 13.8 Å². The maximum atomic E-state index is 11.2. The molecule has 0 aromatic heterocycles. The summed E-state index contributed by atoms with van der Waals surface area (Å²) in [6, 6.07) is 0. The van der Waals surface area contributed by atoms with Gasteiger partial charge in [0, 0.05) is 0 Å². The Morgan fingerprint density at radius 2 is 1.68 bits per heavy atom. The fourth-order valence-corrected chi connectivity index (χ4v) is 7.52. The van der Waals surface area contributed by atoms with Crippen molar-refractivity contribution < 1.29 is 10.2 Å². The molecule has 0 aromatic carbocycles. The molecule has 0 spiro atoms. The van der Waals surface area contributed by atoms with Crippen molar-refractivity contribution in [2.24, 2.45) is 35.0 Å². The molecular formula is C20H34O2. The number of rotatable bonds is 1. The summed E-state index contributed by atoms with van der Waals surface area (Å²) in [5.41, 5.74) is -0.230. The molecular weight excluding hydrogens is 272 g/mol. The summed E-state index contributed by atoms with van der Waals surface area (Å²) >= 11 is 0. The summed E-state index contributed by atoms with van der Waals surface area (Å²) in [4.78, 5) is 0. The zero-order chi connectivity index (χ0) is 15.5. The highest BCUT2D eigenvalue weighted by atomic mass is 16.3. The summed E-state index contributed by atoms with van der Waals surface area (Å²) < 4.78 is 0. The van der Waals surface area contributed by atoms with Crippen LogP contribution in [-0.4, -0.2) is 21.9 Å². The molecule has 0 aromatic rings. The van der Waals surface area contributed by atoms with Gasteiger partial charge < -0.3 is 10.2 Å². The van der Waals surface area contributed by atoms with E-state index < -0.39 is 5.60 Å². The van der Waals surface area contributed by atoms with E-state index in [1.54, 1.807) is 0 Å². The van der Waals surface area contributed by atoms with E-state index in [0.717, 1.165) is 55.3 Å². The molecule has 126 valence electrons. The molecule has 4 rings (SSSR count). The minimum atomic E-state index is -0.401. The first-order valence-corrected chi connectivity index (χ1v) is 9.89. The molecule has 0 saturated heterocycles. The molecule has 0 radical (unpaired) electrons. The average molecular weight is 306 g/mol. The van der Waals surface area contributed by atoms with E-state index in [9.17, 15) is 10.2 Å². The smallest absolute Gasteiger partial charge is 0.0701 e. The van der Waals surface area contributed by atoms with E-state index in [1.807, 2.05) is 0 Å². The quantitative estimate of drug-likeness (QED) is 0.764. The van der Waals surface area contributed by atoms with E-state index in [0.29, 0.717) is 0 Å². The standard InChI is InChI=1S/C20H34O2/c1-3-20(22)11-9-18-17-6-4-13-12-14(21)5-7-15(13)16(17)8-10-19(18,20)2/h13-18,21-22H,3-12H2,1-2H3/t13-,14-,15+,16+,17-,18-,19-,20+/m1/s1. The number of hydrogen-bond acceptors (Lipinski definition) is 2. The fourth-order valence-electron chi connectivity index (χ4n) is 7.52. The van der Waals surface area contributed by atoms with Crippen LogP contribution in [0.5, 0.6) is 0 Å². The van der Waals surface area contributed by atoms with Gasteiger partial charge in [0.15, 0.2) is 0 Å². The lowest BCUT2D eigenvalue weighted by Crippen LogP contribution is -2.53. The van der Waals surface area contributed by atoms with Gasteiger partial charge in [-0.3, -0.25) is 0 Å². The van der Waals surface area contributed by atoms with Gasteiger partial charge in [-0.05, 0) is 99.2 Å². The van der Waals surface area contributed by atoms with Crippen molar-refractivity contribution in [2.45, 2.75) is 89.8 Å². The van der Waals surface area contributed by atoms with Crippen LogP contribution in [0.1, 0.15) is 78.1 Å². The number of aliphatic hydroxyl groups excluding tert-OH is 1. The topological polar surface area (TPSA) is 40.5 Å². The molecule has 2 N–H and O–H groups in total. The van der Waals surface area contributed by atoms with Crippen molar-refractivity contribution in [3.63, 3.8) is 0 Å². The van der Waals surface area contributed by atoms with E-state index in [1.165, 1.54) is 38.5 Å². The molecule has 4 saturated carbocycles. The maximum Gasteiger partial charge on any atom is 0.0701 e. The molecule has 4 aliphatic rings. The molecule has 22 heavy (non-hydrogen) atoms. The van der Waals surface area contributed by atoms with Crippen molar-refractivity contribution in [1.82, 2.24) is 0 Å². The Kier molecular flexibility index (Phi) is 3.66. The zero-order valence-electron chi connectivity index (χ0n) is 14.4. The Labute approximate surface area is 135 Å². The van der Waals surface area contributed by atoms with Crippen molar-refractivity contribution in [3.8, 4) is 0 Å². The predicted octanol–water partition coefficient (Wildman–Crippen LogP) is 4.14. The highest BCUT2D eigenvalue weighted by molar-refractivity contribution is 5.11. The SMILES string of the molecule is CC[C@]1(O)CC[C@@H]2[C@@H]3CC[C@@H]4C[C@H](O)CC[C@@H]4[C@@H]3CC[C@]21C. The highest BCUT2D eigenvalue weighted by Gasteiger charge is 2.61. The second-order valence-electron chi connectivity index (χ2n) is 9.28. The highest BCUT2D eigenvalue weighted by Crippen LogP contribution is 2.65. The maximum absolute atomic E-state index is 11.2. The van der Waals surface area contributed by atoms with Gasteiger partial charge in [0.05, 0.1) is 11.7 Å². The molecule has 0 aliphatic heterocycles. The molecule has 8 atom stereocenters. The first-order valence-electron chi connectivity index (χ1n) is 9.89. The molecule has 2 heteroatoms. The van der Waals surface area contributed by atoms with Crippen LogP contribution in [-0.2, 0) is 0 Å². The van der Waals surface area contributed by atoms with Gasteiger partial charge in [-0.2, -0.15) is 0 Å². The average Bonchev–Trinajstić information content (AvgIpc) is 2.79. The lowest BCUT2D eigenvalue weighted by Gasteiger charge is -2.57. The monoisotopic (exact) mass is 306 g/mol. The van der Waals surface area contributed by atoms with Crippen molar-refractivity contribution in [3.05, 3.63) is 0 Å². The molecule has 0 unspecified atom stereocenters. The fraction of sp³-hybridized carbons (Fsp3) is 1.00. The Morgan fingerprint density at radius 1 is 0.909 bits per heavy atom. The Balaban J connectivity index is 1.58. The zero-order valence-corrected chi connectivity index (χ0v) is 14.4. The molecule has 0 heterocycles. The van der Waals surface area contributed by atoms with E-state index in [-0.39, 0.29) is 11.5 Å². The van der Waals surface area contributed by atoms with Crippen LogP contribution in [0.15, 0.2) is 0 Å². The van der Waals surface area contributed by atoms with E-state index in [2.05, 4.69) is 13.8 Å². The third-order valence-corrected chi connectivity index (χ3v) is 8.83. The molecule has 4 fully saturated rings. The van der Waals surface area contributed by atoms with Gasteiger partial charge in [-0.15, -0.1) is 0 Å². The molecule has 4 aliphatic carbocycles. The van der Waals surface area contributed by atoms with Gasteiger partial charge in [0.25, 0.3) is 0 Å². The first kappa shape index (κ1) is 15.4. The third kappa shape index (κ3) is 1.99. The van der Waals surface area contributed by atoms with E-state index >= 15 is 0 Å². The lowest BCUT2D eigenvalue weighted by molar-refractivity contribution is -0.134. The minimum absolute atomic E-state index is 0.0247. The Bertz CT molecular complexity index is 435. The van der Waals surface area contributed by atoms with Crippen LogP contribution in [0.2, 0.25) is 0 Å². The van der Waals surface area contributed by atoms with Gasteiger partial charge in [-0.25, -0.2) is 0 Å². The van der Waals surface area contributed by atoms with Gasteiger partial charge >= 0.3 is 0 Å². The summed E-state index contributed by atoms with van der Waals surface area (Å²) in [6.07, 6.45) is 11.8. The minimum Gasteiger partial charge on any atom is -0.393 e. The molecule has 0 amide bonds. The van der Waals surface area contributed by atoms with Crippen molar-refractivity contribution >= 4 is 0 Å². The summed E-state index contributed by atoms with van der Waals surface area (Å²) in [5, 5.41) is 21.2. The number of aliphatic hydroxyl groups is 2. The lowest BCUT2D eigenvalue weighted by atomic mass is 9.49. The first-order chi connectivity index (χ1) is 10.5. The van der Waals surface area contributed by atoms with Crippen LogP contribution in [0.25, 0.3) is 0 Å². The van der Waals surface area contributed by atoms with Crippen LogP contribution in [0, 0.1) is 35.0 Å². The van der Waals surface area contributed by atoms with Crippen LogP contribution in [0.4, 0.5) is 0 Å². The second kappa shape index (κ2) is 5.21. The molecule has 2 nitrogen and oxygen atoms in total. The third-order valence-electron chi connectivity index (χ3n) is 8.83. The summed E-state index contributed by atoms with van der Waals surface area (Å²) in [7, 11) is 0. The van der Waals surface area contributed by atoms with Crippen LogP contribution < -0.4 is 0 Å². The van der Waals surface area contributed by atoms with Gasteiger partial charge in [0.2, 0.25) is 0 Å².